The van der Waals surface area contributed by atoms with Crippen molar-refractivity contribution in [1.82, 2.24) is 9.97 Å². The van der Waals surface area contributed by atoms with E-state index < -0.39 is 0 Å². The maximum atomic E-state index is 9.51. The van der Waals surface area contributed by atoms with Gasteiger partial charge in [0.05, 0.1) is 21.6 Å². The Morgan fingerprint density at radius 1 is 1.12 bits per heavy atom. The number of aromatic amines is 1. The van der Waals surface area contributed by atoms with Crippen molar-refractivity contribution in [3.63, 3.8) is 0 Å². The quantitative estimate of drug-likeness (QED) is 0.431. The Bertz CT molecular complexity index is 1150. The molecule has 1 N–H and O–H groups in total. The van der Waals surface area contributed by atoms with Crippen LogP contribution in [0.1, 0.15) is 11.6 Å². The number of aromatic nitrogens is 2. The molecule has 2 aromatic carbocycles. The molecule has 0 amide bonds. The molecule has 4 aromatic rings. The van der Waals surface area contributed by atoms with Crippen LogP contribution < -0.4 is 0 Å². The number of halogens is 2. The third-order valence-electron chi connectivity index (χ3n) is 3.87. The topological polar surface area (TPSA) is 65.6 Å². The summed E-state index contributed by atoms with van der Waals surface area (Å²) in [6.07, 6.45) is 1.64. The molecule has 0 aliphatic rings. The minimum Gasteiger partial charge on any atom is -0.457 e. The fourth-order valence-corrected chi connectivity index (χ4v) is 3.02. The number of rotatable bonds is 3. The minimum absolute atomic E-state index is 0.374. The summed E-state index contributed by atoms with van der Waals surface area (Å²) >= 11 is 12.2. The Morgan fingerprint density at radius 2 is 1.96 bits per heavy atom. The molecule has 0 unspecified atom stereocenters. The van der Waals surface area contributed by atoms with Crippen molar-refractivity contribution in [2.45, 2.75) is 0 Å². The fourth-order valence-electron chi connectivity index (χ4n) is 2.64. The largest absolute Gasteiger partial charge is 0.457 e. The number of fused-ring (bicyclic) bond motifs is 1. The van der Waals surface area contributed by atoms with E-state index in [-0.39, 0.29) is 0 Å². The first-order valence-electron chi connectivity index (χ1n) is 7.76. The van der Waals surface area contributed by atoms with Crippen LogP contribution in [-0.2, 0) is 0 Å². The van der Waals surface area contributed by atoms with Gasteiger partial charge in [-0.15, -0.1) is 0 Å². The van der Waals surface area contributed by atoms with Crippen molar-refractivity contribution in [3.05, 3.63) is 76.2 Å². The van der Waals surface area contributed by atoms with Crippen LogP contribution in [0.2, 0.25) is 10.0 Å². The molecular formula is C20H11Cl2N3O. The van der Waals surface area contributed by atoms with Gasteiger partial charge in [0.15, 0.2) is 0 Å². The molecule has 4 nitrogen and oxygen atoms in total. The summed E-state index contributed by atoms with van der Waals surface area (Å²) in [6.45, 7) is 0. The Kier molecular flexibility index (Phi) is 4.26. The molecule has 6 heteroatoms. The van der Waals surface area contributed by atoms with Gasteiger partial charge in [0.25, 0.3) is 0 Å². The summed E-state index contributed by atoms with van der Waals surface area (Å²) in [5.41, 5.74) is 2.74. The summed E-state index contributed by atoms with van der Waals surface area (Å²) in [5.74, 6) is 1.59. The molecule has 26 heavy (non-hydrogen) atoms. The third-order valence-corrected chi connectivity index (χ3v) is 4.44. The monoisotopic (exact) mass is 379 g/mol. The van der Waals surface area contributed by atoms with Gasteiger partial charge in [-0.3, -0.25) is 0 Å². The van der Waals surface area contributed by atoms with E-state index in [1.807, 2.05) is 24.3 Å². The maximum Gasteiger partial charge on any atom is 0.149 e. The van der Waals surface area contributed by atoms with E-state index in [1.165, 1.54) is 0 Å². The summed E-state index contributed by atoms with van der Waals surface area (Å²) in [6, 6.07) is 18.5. The lowest BCUT2D eigenvalue weighted by atomic mass is 10.2. The van der Waals surface area contributed by atoms with Crippen molar-refractivity contribution in [3.8, 4) is 17.4 Å². The number of para-hydroxylation sites is 2. The second-order valence-electron chi connectivity index (χ2n) is 5.60. The SMILES string of the molecule is N#C/C(=C\c1ccc(-c2cc(Cl)ccc2Cl)o1)c1nc2ccccc2[nH]1. The average molecular weight is 380 g/mol. The molecule has 0 radical (unpaired) electrons. The van der Waals surface area contributed by atoms with Crippen LogP contribution in [0.15, 0.2) is 59.0 Å². The first-order valence-corrected chi connectivity index (χ1v) is 8.52. The van der Waals surface area contributed by atoms with Gasteiger partial charge >= 0.3 is 0 Å². The molecule has 2 heterocycles. The first kappa shape index (κ1) is 16.5. The zero-order valence-corrected chi connectivity index (χ0v) is 14.8. The summed E-state index contributed by atoms with van der Waals surface area (Å²) in [7, 11) is 0. The van der Waals surface area contributed by atoms with Gasteiger partial charge in [-0.1, -0.05) is 35.3 Å². The molecule has 0 aliphatic heterocycles. The van der Waals surface area contributed by atoms with Crippen LogP contribution in [0.4, 0.5) is 0 Å². The lowest BCUT2D eigenvalue weighted by molar-refractivity contribution is 0.572. The van der Waals surface area contributed by atoms with Crippen LogP contribution in [0, 0.1) is 11.3 Å². The first-order chi connectivity index (χ1) is 12.6. The van der Waals surface area contributed by atoms with Crippen LogP contribution in [0.5, 0.6) is 0 Å². The fraction of sp³-hybridized carbons (Fsp3) is 0. The molecule has 0 saturated heterocycles. The molecule has 0 fully saturated rings. The molecule has 0 atom stereocenters. The predicted octanol–water partition coefficient (Wildman–Crippen LogP) is 6.19. The van der Waals surface area contributed by atoms with Gasteiger partial charge in [-0.2, -0.15) is 5.26 Å². The molecule has 126 valence electrons. The average Bonchev–Trinajstić information content (AvgIpc) is 3.28. The summed E-state index contributed by atoms with van der Waals surface area (Å²) in [4.78, 5) is 7.58. The second kappa shape index (κ2) is 6.72. The van der Waals surface area contributed by atoms with Crippen LogP contribution in [0.25, 0.3) is 34.0 Å². The number of nitriles is 1. The van der Waals surface area contributed by atoms with E-state index in [4.69, 9.17) is 27.6 Å². The standard InChI is InChI=1S/C20H11Cl2N3O/c21-13-5-7-16(22)15(10-13)19-8-6-14(26-19)9-12(11-23)20-24-17-3-1-2-4-18(17)25-20/h1-10H,(H,24,25)/b12-9+. The highest BCUT2D eigenvalue weighted by molar-refractivity contribution is 6.35. The summed E-state index contributed by atoms with van der Waals surface area (Å²) in [5, 5.41) is 10.6. The van der Waals surface area contributed by atoms with Crippen molar-refractivity contribution in [2.75, 3.05) is 0 Å². The minimum atomic E-state index is 0.374. The molecule has 0 aliphatic carbocycles. The summed E-state index contributed by atoms with van der Waals surface area (Å²) < 4.78 is 5.82. The maximum absolute atomic E-state index is 9.51. The molecule has 0 saturated carbocycles. The Morgan fingerprint density at radius 3 is 2.77 bits per heavy atom. The Balaban J connectivity index is 1.72. The van der Waals surface area contributed by atoms with E-state index >= 15 is 0 Å². The van der Waals surface area contributed by atoms with Gasteiger partial charge in [-0.25, -0.2) is 4.98 Å². The lowest BCUT2D eigenvalue weighted by Gasteiger charge is -2.01. The Labute approximate surface area is 159 Å². The number of nitrogens with zero attached hydrogens (tertiary/aromatic N) is 2. The number of furan rings is 1. The van der Waals surface area contributed by atoms with Gasteiger partial charge < -0.3 is 9.40 Å². The zero-order valence-electron chi connectivity index (χ0n) is 13.3. The zero-order chi connectivity index (χ0) is 18.1. The lowest BCUT2D eigenvalue weighted by Crippen LogP contribution is -1.84. The predicted molar refractivity (Wildman–Crippen MR) is 104 cm³/mol. The van der Waals surface area contributed by atoms with Crippen LogP contribution in [-0.4, -0.2) is 9.97 Å². The molecular weight excluding hydrogens is 369 g/mol. The number of nitrogens with one attached hydrogen (secondary N) is 1. The van der Waals surface area contributed by atoms with E-state index in [9.17, 15) is 5.26 Å². The molecule has 4 rings (SSSR count). The number of allylic oxidation sites excluding steroid dienone is 1. The van der Waals surface area contributed by atoms with Crippen molar-refractivity contribution >= 4 is 45.9 Å². The van der Waals surface area contributed by atoms with Gasteiger partial charge in [0.1, 0.15) is 23.4 Å². The number of imidazole rings is 1. The number of benzene rings is 2. The number of H-pyrrole nitrogens is 1. The van der Waals surface area contributed by atoms with E-state index in [2.05, 4.69) is 16.0 Å². The molecule has 0 bridgehead atoms. The van der Waals surface area contributed by atoms with E-state index in [0.717, 1.165) is 11.0 Å². The molecule has 2 aromatic heterocycles. The number of hydrogen-bond acceptors (Lipinski definition) is 3. The third kappa shape index (κ3) is 3.11. The highest BCUT2D eigenvalue weighted by atomic mass is 35.5. The smallest absolute Gasteiger partial charge is 0.149 e. The number of hydrogen-bond donors (Lipinski definition) is 1. The highest BCUT2D eigenvalue weighted by Gasteiger charge is 2.11. The second-order valence-corrected chi connectivity index (χ2v) is 6.44. The van der Waals surface area contributed by atoms with E-state index in [0.29, 0.717) is 38.5 Å². The highest BCUT2D eigenvalue weighted by Crippen LogP contribution is 2.32. The Hall–Kier alpha value is -3.00. The van der Waals surface area contributed by atoms with Crippen molar-refractivity contribution in [2.24, 2.45) is 0 Å². The van der Waals surface area contributed by atoms with Gasteiger partial charge in [0.2, 0.25) is 0 Å². The van der Waals surface area contributed by atoms with Gasteiger partial charge in [-0.05, 0) is 42.5 Å². The van der Waals surface area contributed by atoms with Crippen LogP contribution >= 0.6 is 23.2 Å². The normalized spacial score (nSPS) is 11.7. The van der Waals surface area contributed by atoms with Gasteiger partial charge in [0, 0.05) is 16.7 Å². The van der Waals surface area contributed by atoms with Crippen LogP contribution in [0.3, 0.4) is 0 Å². The van der Waals surface area contributed by atoms with Crippen molar-refractivity contribution < 1.29 is 4.42 Å². The van der Waals surface area contributed by atoms with E-state index in [1.54, 1.807) is 36.4 Å². The van der Waals surface area contributed by atoms with Crippen molar-refractivity contribution in [1.29, 1.82) is 5.26 Å². The molecule has 0 spiro atoms.